The molecule has 2 aliphatic carbocycles. The lowest BCUT2D eigenvalue weighted by Crippen LogP contribution is -2.36. The van der Waals surface area contributed by atoms with Crippen LogP contribution in [0.15, 0.2) is 77.3 Å². The number of ketones is 1. The van der Waals surface area contributed by atoms with Gasteiger partial charge in [-0.2, -0.15) is 0 Å². The summed E-state index contributed by atoms with van der Waals surface area (Å²) >= 11 is 0. The minimum Gasteiger partial charge on any atom is -0.496 e. The van der Waals surface area contributed by atoms with Crippen LogP contribution in [-0.4, -0.2) is 30.5 Å². The van der Waals surface area contributed by atoms with Gasteiger partial charge in [0.1, 0.15) is 5.75 Å². The lowest BCUT2D eigenvalue weighted by atomic mass is 9.71. The molecule has 6 heteroatoms. The number of carbonyl (C=O) groups excluding carboxylic acids is 2. The van der Waals surface area contributed by atoms with Crippen molar-refractivity contribution in [2.75, 3.05) is 13.7 Å². The van der Waals surface area contributed by atoms with E-state index < -0.39 is 5.92 Å². The zero-order valence-electron chi connectivity index (χ0n) is 20.6. The summed E-state index contributed by atoms with van der Waals surface area (Å²) in [6, 6.07) is 15.9. The topological polar surface area (TPSA) is 80.4 Å². The maximum atomic E-state index is 13.9. The largest absolute Gasteiger partial charge is 0.496 e. The minimum absolute atomic E-state index is 0.000214. The predicted molar refractivity (Wildman–Crippen MR) is 138 cm³/mol. The third-order valence-electron chi connectivity index (χ3n) is 7.71. The Morgan fingerprint density at radius 3 is 2.64 bits per heavy atom. The molecular weight excluding hydrogens is 452 g/mol. The standard InChI is InChI=1S/C30H30N2O4/c1-17-27(30(34)36-16-18-10-11-18)28(22-7-5-8-23-21(22)12-13-31-23)29-24(32-17)14-19(15-25(29)33)20-6-3-4-9-26(20)35-2/h3-9,12-13,18-19,28,31-32H,10-11,14-16H2,1-2H3/t19?,28-/m1/s1. The average Bonchev–Trinajstić information content (AvgIpc) is 3.59. The van der Waals surface area contributed by atoms with Gasteiger partial charge in [-0.25, -0.2) is 4.79 Å². The van der Waals surface area contributed by atoms with E-state index >= 15 is 0 Å². The van der Waals surface area contributed by atoms with Gasteiger partial charge in [0.05, 0.1) is 19.3 Å². The molecule has 1 unspecified atom stereocenters. The predicted octanol–water partition coefficient (Wildman–Crippen LogP) is 5.49. The molecule has 0 amide bonds. The summed E-state index contributed by atoms with van der Waals surface area (Å²) in [5.74, 6) is 0.497. The molecule has 2 aromatic carbocycles. The molecule has 1 aromatic heterocycles. The fourth-order valence-electron chi connectivity index (χ4n) is 5.76. The highest BCUT2D eigenvalue weighted by atomic mass is 16.5. The quantitative estimate of drug-likeness (QED) is 0.454. The zero-order chi connectivity index (χ0) is 24.8. The first kappa shape index (κ1) is 22.7. The number of aromatic amines is 1. The molecule has 0 spiro atoms. The van der Waals surface area contributed by atoms with Crippen molar-refractivity contribution < 1.29 is 19.1 Å². The fourth-order valence-corrected chi connectivity index (χ4v) is 5.76. The summed E-state index contributed by atoms with van der Waals surface area (Å²) < 4.78 is 11.4. The van der Waals surface area contributed by atoms with E-state index in [4.69, 9.17) is 9.47 Å². The second-order valence-corrected chi connectivity index (χ2v) is 10.1. The van der Waals surface area contributed by atoms with E-state index in [1.807, 2.05) is 61.7 Å². The second-order valence-electron chi connectivity index (χ2n) is 10.1. The van der Waals surface area contributed by atoms with Crippen LogP contribution in [0.3, 0.4) is 0 Å². The van der Waals surface area contributed by atoms with Crippen molar-refractivity contribution in [3.05, 3.63) is 88.4 Å². The molecule has 0 bridgehead atoms. The highest BCUT2D eigenvalue weighted by molar-refractivity contribution is 6.05. The van der Waals surface area contributed by atoms with Crippen molar-refractivity contribution in [3.63, 3.8) is 0 Å². The van der Waals surface area contributed by atoms with E-state index in [2.05, 4.69) is 10.3 Å². The van der Waals surface area contributed by atoms with Crippen molar-refractivity contribution in [1.29, 1.82) is 0 Å². The number of dihydropyridines is 1. The summed E-state index contributed by atoms with van der Waals surface area (Å²) in [4.78, 5) is 30.6. The number of nitrogens with one attached hydrogen (secondary N) is 2. The van der Waals surface area contributed by atoms with E-state index in [-0.39, 0.29) is 17.7 Å². The molecule has 2 atom stereocenters. The fraction of sp³-hybridized carbons (Fsp3) is 0.333. The smallest absolute Gasteiger partial charge is 0.336 e. The number of carbonyl (C=O) groups is 2. The molecule has 3 aromatic rings. The Kier molecular flexibility index (Phi) is 5.67. The maximum absolute atomic E-state index is 13.9. The lowest BCUT2D eigenvalue weighted by molar-refractivity contribution is -0.139. The van der Waals surface area contributed by atoms with Gasteiger partial charge in [-0.3, -0.25) is 4.79 Å². The first-order valence-corrected chi connectivity index (χ1v) is 12.6. The molecule has 1 fully saturated rings. The molecule has 3 aliphatic rings. The molecule has 1 aliphatic heterocycles. The number of benzene rings is 2. The summed E-state index contributed by atoms with van der Waals surface area (Å²) in [5, 5.41) is 4.46. The van der Waals surface area contributed by atoms with E-state index in [9.17, 15) is 9.59 Å². The number of aromatic nitrogens is 1. The summed E-state index contributed by atoms with van der Waals surface area (Å²) in [6.07, 6.45) is 5.14. The number of H-pyrrole nitrogens is 1. The van der Waals surface area contributed by atoms with Crippen LogP contribution in [0.4, 0.5) is 0 Å². The molecule has 2 heterocycles. The zero-order valence-corrected chi connectivity index (χ0v) is 20.6. The molecule has 0 radical (unpaired) electrons. The first-order chi connectivity index (χ1) is 17.5. The van der Waals surface area contributed by atoms with Crippen LogP contribution in [-0.2, 0) is 14.3 Å². The van der Waals surface area contributed by atoms with E-state index in [0.717, 1.165) is 52.0 Å². The van der Waals surface area contributed by atoms with Crippen molar-refractivity contribution in [1.82, 2.24) is 10.3 Å². The van der Waals surface area contributed by atoms with E-state index in [0.29, 0.717) is 36.5 Å². The molecule has 1 saturated carbocycles. The summed E-state index contributed by atoms with van der Waals surface area (Å²) in [5.41, 5.74) is 5.81. The molecular formula is C30H30N2O4. The number of Topliss-reactive ketones (excluding diaryl/α,β-unsaturated/α-hetero) is 1. The van der Waals surface area contributed by atoms with Gasteiger partial charge in [0, 0.05) is 52.3 Å². The number of para-hydroxylation sites is 1. The van der Waals surface area contributed by atoms with Gasteiger partial charge in [-0.05, 0) is 61.4 Å². The Balaban J connectivity index is 1.45. The molecule has 6 rings (SSSR count). The van der Waals surface area contributed by atoms with Crippen LogP contribution in [0.1, 0.15) is 55.6 Å². The Morgan fingerprint density at radius 1 is 1.03 bits per heavy atom. The maximum Gasteiger partial charge on any atom is 0.336 e. The number of esters is 1. The van der Waals surface area contributed by atoms with Crippen LogP contribution < -0.4 is 10.1 Å². The van der Waals surface area contributed by atoms with Crippen LogP contribution in [0.2, 0.25) is 0 Å². The number of allylic oxidation sites excluding steroid dienone is 3. The highest BCUT2D eigenvalue weighted by Crippen LogP contribution is 2.48. The monoisotopic (exact) mass is 482 g/mol. The molecule has 6 nitrogen and oxygen atoms in total. The number of fused-ring (bicyclic) bond motifs is 1. The van der Waals surface area contributed by atoms with Gasteiger partial charge in [0.25, 0.3) is 0 Å². The third-order valence-corrected chi connectivity index (χ3v) is 7.71. The van der Waals surface area contributed by atoms with Crippen LogP contribution >= 0.6 is 0 Å². The summed E-state index contributed by atoms with van der Waals surface area (Å²) in [6.45, 7) is 2.35. The molecule has 0 saturated heterocycles. The number of hydrogen-bond donors (Lipinski definition) is 2. The van der Waals surface area contributed by atoms with Gasteiger partial charge in [-0.1, -0.05) is 30.3 Å². The van der Waals surface area contributed by atoms with Crippen molar-refractivity contribution in [2.45, 2.75) is 44.4 Å². The van der Waals surface area contributed by atoms with Crippen LogP contribution in [0.25, 0.3) is 10.9 Å². The average molecular weight is 483 g/mol. The van der Waals surface area contributed by atoms with Crippen molar-refractivity contribution >= 4 is 22.7 Å². The number of hydrogen-bond acceptors (Lipinski definition) is 5. The number of methoxy groups -OCH3 is 1. The van der Waals surface area contributed by atoms with E-state index in [1.54, 1.807) is 7.11 Å². The Bertz CT molecular complexity index is 1430. The lowest BCUT2D eigenvalue weighted by Gasteiger charge is -2.37. The Morgan fingerprint density at radius 2 is 1.83 bits per heavy atom. The first-order valence-electron chi connectivity index (χ1n) is 12.6. The van der Waals surface area contributed by atoms with Crippen molar-refractivity contribution in [3.8, 4) is 5.75 Å². The number of rotatable bonds is 6. The van der Waals surface area contributed by atoms with Gasteiger partial charge >= 0.3 is 5.97 Å². The third kappa shape index (κ3) is 3.91. The second kappa shape index (κ2) is 9.01. The van der Waals surface area contributed by atoms with Gasteiger partial charge in [0.2, 0.25) is 0 Å². The molecule has 36 heavy (non-hydrogen) atoms. The Hall–Kier alpha value is -3.80. The van der Waals surface area contributed by atoms with Gasteiger partial charge in [0.15, 0.2) is 5.78 Å². The normalized spacial score (nSPS) is 21.9. The van der Waals surface area contributed by atoms with E-state index in [1.165, 1.54) is 0 Å². The highest BCUT2D eigenvalue weighted by Gasteiger charge is 2.42. The van der Waals surface area contributed by atoms with Crippen LogP contribution in [0.5, 0.6) is 5.75 Å². The van der Waals surface area contributed by atoms with Crippen molar-refractivity contribution in [2.24, 2.45) is 5.92 Å². The Labute approximate surface area is 210 Å². The number of ether oxygens (including phenoxy) is 2. The van der Waals surface area contributed by atoms with Gasteiger partial charge < -0.3 is 19.8 Å². The SMILES string of the molecule is COc1ccccc1C1CC(=O)C2=C(C1)NC(C)=C(C(=O)OCC1CC1)[C@H]2c1cccc2[nH]ccc12. The molecule has 184 valence electrons. The molecule has 2 N–H and O–H groups in total. The van der Waals surface area contributed by atoms with Gasteiger partial charge in [-0.15, -0.1) is 0 Å². The van der Waals surface area contributed by atoms with Crippen LogP contribution in [0, 0.1) is 5.92 Å². The minimum atomic E-state index is -0.474. The summed E-state index contributed by atoms with van der Waals surface area (Å²) in [7, 11) is 1.66.